The third-order valence-electron chi connectivity index (χ3n) is 2.31. The first-order valence-electron chi connectivity index (χ1n) is 5.76. The number of rotatable bonds is 4. The van der Waals surface area contributed by atoms with E-state index >= 15 is 0 Å². The van der Waals surface area contributed by atoms with Gasteiger partial charge in [-0.05, 0) is 0 Å². The standard InChI is InChI=1S/C11H15F2N5S/c1-11(2,3)9-16-10(19-17-9)15-7-4-14-18(5-7)6-8(12)13/h4-5,8H,6H2,1-3H3,(H,15,16,17). The van der Waals surface area contributed by atoms with Crippen LogP contribution in [0.5, 0.6) is 0 Å². The molecule has 0 atom stereocenters. The van der Waals surface area contributed by atoms with Crippen molar-refractivity contribution in [2.45, 2.75) is 39.2 Å². The molecule has 2 heterocycles. The topological polar surface area (TPSA) is 55.6 Å². The molecule has 2 aromatic heterocycles. The Morgan fingerprint density at radius 2 is 2.16 bits per heavy atom. The molecule has 5 nitrogen and oxygen atoms in total. The molecule has 19 heavy (non-hydrogen) atoms. The quantitative estimate of drug-likeness (QED) is 0.939. The molecule has 0 saturated heterocycles. The normalized spacial score (nSPS) is 12.1. The SMILES string of the molecule is CC(C)(C)c1nsc(Nc2cnn(CC(F)F)c2)n1. The highest BCUT2D eigenvalue weighted by molar-refractivity contribution is 7.09. The molecule has 104 valence electrons. The molecule has 0 unspecified atom stereocenters. The fraction of sp³-hybridized carbons (Fsp3) is 0.545. The van der Waals surface area contributed by atoms with Crippen molar-refractivity contribution in [1.29, 1.82) is 0 Å². The van der Waals surface area contributed by atoms with Crippen LogP contribution < -0.4 is 5.32 Å². The van der Waals surface area contributed by atoms with Crippen LogP contribution in [0, 0.1) is 0 Å². The van der Waals surface area contributed by atoms with Gasteiger partial charge in [-0.1, -0.05) is 20.8 Å². The van der Waals surface area contributed by atoms with Crippen LogP contribution in [0.1, 0.15) is 26.6 Å². The Labute approximate surface area is 113 Å². The Kier molecular flexibility index (Phi) is 3.79. The fourth-order valence-electron chi connectivity index (χ4n) is 1.37. The van der Waals surface area contributed by atoms with Crippen LogP contribution in [0.4, 0.5) is 19.6 Å². The van der Waals surface area contributed by atoms with E-state index < -0.39 is 13.0 Å². The molecule has 0 spiro atoms. The molecule has 2 rings (SSSR count). The average Bonchev–Trinajstić information content (AvgIpc) is 2.86. The van der Waals surface area contributed by atoms with Gasteiger partial charge in [0.2, 0.25) is 5.13 Å². The molecule has 0 aliphatic carbocycles. The smallest absolute Gasteiger partial charge is 0.257 e. The van der Waals surface area contributed by atoms with E-state index in [9.17, 15) is 8.78 Å². The minimum absolute atomic E-state index is 0.115. The zero-order chi connectivity index (χ0) is 14.0. The maximum Gasteiger partial charge on any atom is 0.257 e. The van der Waals surface area contributed by atoms with Gasteiger partial charge in [0.1, 0.15) is 12.4 Å². The molecular weight excluding hydrogens is 272 g/mol. The molecule has 0 saturated carbocycles. The van der Waals surface area contributed by atoms with Crippen molar-refractivity contribution in [1.82, 2.24) is 19.1 Å². The van der Waals surface area contributed by atoms with Crippen LogP contribution in [-0.4, -0.2) is 25.6 Å². The summed E-state index contributed by atoms with van der Waals surface area (Å²) in [7, 11) is 0. The zero-order valence-corrected chi connectivity index (χ0v) is 11.7. The summed E-state index contributed by atoms with van der Waals surface area (Å²) in [6.45, 7) is 5.67. The van der Waals surface area contributed by atoms with Crippen molar-refractivity contribution < 1.29 is 8.78 Å². The lowest BCUT2D eigenvalue weighted by atomic mass is 9.96. The molecule has 0 amide bonds. The molecule has 0 fully saturated rings. The third kappa shape index (κ3) is 3.69. The predicted molar refractivity (Wildman–Crippen MR) is 70.1 cm³/mol. The second-order valence-corrected chi connectivity index (χ2v) is 5.89. The summed E-state index contributed by atoms with van der Waals surface area (Å²) in [5, 5.41) is 7.47. The van der Waals surface area contributed by atoms with Crippen molar-refractivity contribution in [3.05, 3.63) is 18.2 Å². The van der Waals surface area contributed by atoms with Gasteiger partial charge in [-0.2, -0.15) is 9.47 Å². The maximum absolute atomic E-state index is 12.2. The van der Waals surface area contributed by atoms with E-state index in [0.29, 0.717) is 10.8 Å². The molecule has 0 aromatic carbocycles. The second kappa shape index (κ2) is 5.20. The van der Waals surface area contributed by atoms with Crippen LogP contribution in [-0.2, 0) is 12.0 Å². The van der Waals surface area contributed by atoms with Crippen molar-refractivity contribution in [3.63, 3.8) is 0 Å². The molecule has 0 bridgehead atoms. The molecule has 0 aliphatic heterocycles. The van der Waals surface area contributed by atoms with Gasteiger partial charge in [-0.15, -0.1) is 0 Å². The van der Waals surface area contributed by atoms with E-state index in [1.807, 2.05) is 20.8 Å². The number of aromatic nitrogens is 4. The summed E-state index contributed by atoms with van der Waals surface area (Å²) in [5.74, 6) is 0.750. The van der Waals surface area contributed by atoms with Gasteiger partial charge in [-0.25, -0.2) is 13.8 Å². The number of anilines is 2. The van der Waals surface area contributed by atoms with Gasteiger partial charge >= 0.3 is 0 Å². The predicted octanol–water partition coefficient (Wildman–Crippen LogP) is 3.04. The van der Waals surface area contributed by atoms with E-state index in [1.165, 1.54) is 28.6 Å². The number of alkyl halides is 2. The summed E-state index contributed by atoms with van der Waals surface area (Å²) < 4.78 is 29.8. The third-order valence-corrected chi connectivity index (χ3v) is 2.94. The molecule has 8 heteroatoms. The lowest BCUT2D eigenvalue weighted by Gasteiger charge is -2.12. The van der Waals surface area contributed by atoms with Gasteiger partial charge in [-0.3, -0.25) is 4.68 Å². The Morgan fingerprint density at radius 3 is 2.74 bits per heavy atom. The van der Waals surface area contributed by atoms with Crippen LogP contribution in [0.25, 0.3) is 0 Å². The van der Waals surface area contributed by atoms with Crippen molar-refractivity contribution >= 4 is 22.4 Å². The minimum Gasteiger partial charge on any atom is -0.328 e. The summed E-state index contributed by atoms with van der Waals surface area (Å²) in [6, 6.07) is 0. The molecule has 2 aromatic rings. The van der Waals surface area contributed by atoms with Gasteiger partial charge < -0.3 is 5.32 Å². The fourth-order valence-corrected chi connectivity index (χ4v) is 2.15. The van der Waals surface area contributed by atoms with Gasteiger partial charge in [0, 0.05) is 23.1 Å². The summed E-state index contributed by atoms with van der Waals surface area (Å²) in [5.41, 5.74) is 0.508. The van der Waals surface area contributed by atoms with Gasteiger partial charge in [0.25, 0.3) is 6.43 Å². The average molecular weight is 287 g/mol. The monoisotopic (exact) mass is 287 g/mol. The van der Waals surface area contributed by atoms with E-state index in [1.54, 1.807) is 0 Å². The first-order chi connectivity index (χ1) is 8.84. The molecule has 0 aliphatic rings. The largest absolute Gasteiger partial charge is 0.328 e. The summed E-state index contributed by atoms with van der Waals surface area (Å²) in [4.78, 5) is 4.36. The number of nitrogens with zero attached hydrogens (tertiary/aromatic N) is 4. The van der Waals surface area contributed by atoms with Crippen molar-refractivity contribution in [2.75, 3.05) is 5.32 Å². The number of hydrogen-bond donors (Lipinski definition) is 1. The van der Waals surface area contributed by atoms with Crippen molar-refractivity contribution in [3.8, 4) is 0 Å². The highest BCUT2D eigenvalue weighted by Gasteiger charge is 2.19. The van der Waals surface area contributed by atoms with E-state index in [-0.39, 0.29) is 5.41 Å². The lowest BCUT2D eigenvalue weighted by Crippen LogP contribution is -2.13. The maximum atomic E-state index is 12.2. The highest BCUT2D eigenvalue weighted by Crippen LogP contribution is 2.24. The van der Waals surface area contributed by atoms with E-state index in [4.69, 9.17) is 0 Å². The second-order valence-electron chi connectivity index (χ2n) is 5.14. The molecular formula is C11H15F2N5S. The lowest BCUT2D eigenvalue weighted by molar-refractivity contribution is 0.122. The first-order valence-corrected chi connectivity index (χ1v) is 6.54. The minimum atomic E-state index is -2.42. The highest BCUT2D eigenvalue weighted by atomic mass is 32.1. The van der Waals surface area contributed by atoms with Crippen LogP contribution in [0.2, 0.25) is 0 Å². The van der Waals surface area contributed by atoms with E-state index in [2.05, 4.69) is 19.8 Å². The van der Waals surface area contributed by atoms with E-state index in [0.717, 1.165) is 5.82 Å². The van der Waals surface area contributed by atoms with Gasteiger partial charge in [0.15, 0.2) is 0 Å². The summed E-state index contributed by atoms with van der Waals surface area (Å²) >= 11 is 1.24. The number of hydrogen-bond acceptors (Lipinski definition) is 5. The van der Waals surface area contributed by atoms with Crippen LogP contribution >= 0.6 is 11.5 Å². The van der Waals surface area contributed by atoms with Gasteiger partial charge in [0.05, 0.1) is 11.9 Å². The Hall–Kier alpha value is -1.57. The Morgan fingerprint density at radius 1 is 1.42 bits per heavy atom. The van der Waals surface area contributed by atoms with Crippen LogP contribution in [0.15, 0.2) is 12.4 Å². The molecule has 1 N–H and O–H groups in total. The number of nitrogens with one attached hydrogen (secondary N) is 1. The summed E-state index contributed by atoms with van der Waals surface area (Å²) in [6.07, 6.45) is 0.590. The van der Waals surface area contributed by atoms with Crippen LogP contribution in [0.3, 0.4) is 0 Å². The zero-order valence-electron chi connectivity index (χ0n) is 10.9. The Bertz CT molecular complexity index is 543. The Balaban J connectivity index is 2.05. The number of halogens is 2. The first kappa shape index (κ1) is 13.9. The molecule has 0 radical (unpaired) electrons. The van der Waals surface area contributed by atoms with Crippen molar-refractivity contribution in [2.24, 2.45) is 0 Å².